The molecule has 0 heterocycles. The molecule has 0 saturated carbocycles. The van der Waals surface area contributed by atoms with Gasteiger partial charge in [0.15, 0.2) is 0 Å². The van der Waals surface area contributed by atoms with Crippen molar-refractivity contribution in [3.63, 3.8) is 0 Å². The van der Waals surface area contributed by atoms with E-state index in [1.54, 1.807) is 0 Å². The topological polar surface area (TPSA) is 43.1 Å². The molecule has 15 heavy (non-hydrogen) atoms. The molecule has 0 unspecified atom stereocenters. The molecule has 0 aromatic heterocycles. The number of nitro groups is 1. The van der Waals surface area contributed by atoms with Crippen LogP contribution < -0.4 is 0 Å². The summed E-state index contributed by atoms with van der Waals surface area (Å²) in [7, 11) is 0. The number of aryl methyl sites for hydroxylation is 1. The monoisotopic (exact) mass is 331 g/mol. The molecule has 7 heteroatoms. The molecule has 0 aliphatic carbocycles. The zero-order valence-electron chi connectivity index (χ0n) is 7.43. The Morgan fingerprint density at radius 2 is 1.93 bits per heavy atom. The van der Waals surface area contributed by atoms with E-state index in [1.165, 1.54) is 29.5 Å². The van der Waals surface area contributed by atoms with Crippen molar-refractivity contribution in [2.45, 2.75) is 13.1 Å². The molecule has 0 radical (unpaired) electrons. The van der Waals surface area contributed by atoms with Crippen LogP contribution in [0, 0.1) is 20.6 Å². The molecule has 0 aliphatic rings. The van der Waals surface area contributed by atoms with E-state index in [1.807, 2.05) is 0 Å². The van der Waals surface area contributed by atoms with Gasteiger partial charge in [-0.05, 0) is 41.1 Å². The van der Waals surface area contributed by atoms with Crippen LogP contribution in [0.1, 0.15) is 11.1 Å². The highest BCUT2D eigenvalue weighted by Crippen LogP contribution is 2.37. The molecule has 1 aromatic carbocycles. The van der Waals surface area contributed by atoms with Gasteiger partial charge in [0.1, 0.15) is 3.57 Å². The highest BCUT2D eigenvalue weighted by atomic mass is 127. The van der Waals surface area contributed by atoms with Crippen molar-refractivity contribution in [3.05, 3.63) is 36.9 Å². The lowest BCUT2D eigenvalue weighted by atomic mass is 10.1. The van der Waals surface area contributed by atoms with Crippen molar-refractivity contribution in [1.82, 2.24) is 0 Å². The summed E-state index contributed by atoms with van der Waals surface area (Å²) in [6.45, 7) is 1.39. The molecule has 1 aromatic rings. The van der Waals surface area contributed by atoms with Crippen LogP contribution in [0.25, 0.3) is 0 Å². The largest absolute Gasteiger partial charge is 0.417 e. The number of benzene rings is 1. The van der Waals surface area contributed by atoms with Crippen LogP contribution in [0.3, 0.4) is 0 Å². The Labute approximate surface area is 96.6 Å². The smallest absolute Gasteiger partial charge is 0.258 e. The third kappa shape index (κ3) is 2.58. The Morgan fingerprint density at radius 3 is 2.33 bits per heavy atom. The first-order valence-electron chi connectivity index (χ1n) is 3.75. The highest BCUT2D eigenvalue weighted by Gasteiger charge is 2.36. The van der Waals surface area contributed by atoms with Gasteiger partial charge in [0, 0.05) is 6.07 Å². The van der Waals surface area contributed by atoms with E-state index >= 15 is 0 Å². The molecular weight excluding hydrogens is 326 g/mol. The van der Waals surface area contributed by atoms with Crippen molar-refractivity contribution in [1.29, 1.82) is 0 Å². The second-order valence-corrected chi connectivity index (χ2v) is 3.98. The molecular formula is C8H5F3INO2. The summed E-state index contributed by atoms with van der Waals surface area (Å²) in [5.74, 6) is 0. The minimum atomic E-state index is -4.56. The van der Waals surface area contributed by atoms with Gasteiger partial charge in [0.2, 0.25) is 0 Å². The van der Waals surface area contributed by atoms with Crippen molar-refractivity contribution in [2.24, 2.45) is 0 Å². The molecule has 0 saturated heterocycles. The van der Waals surface area contributed by atoms with E-state index in [2.05, 4.69) is 0 Å². The summed E-state index contributed by atoms with van der Waals surface area (Å²) in [6.07, 6.45) is -4.56. The predicted molar refractivity (Wildman–Crippen MR) is 55.6 cm³/mol. The minimum Gasteiger partial charge on any atom is -0.258 e. The Hall–Kier alpha value is -0.860. The Bertz CT molecular complexity index is 417. The first-order chi connectivity index (χ1) is 6.73. The molecule has 0 amide bonds. The maximum atomic E-state index is 12.4. The second-order valence-electron chi connectivity index (χ2n) is 2.90. The van der Waals surface area contributed by atoms with Crippen LogP contribution in [-0.4, -0.2) is 4.92 Å². The normalized spacial score (nSPS) is 11.5. The fraction of sp³-hybridized carbons (Fsp3) is 0.250. The second kappa shape index (κ2) is 3.95. The first-order valence-corrected chi connectivity index (χ1v) is 4.83. The van der Waals surface area contributed by atoms with E-state index in [9.17, 15) is 23.3 Å². The van der Waals surface area contributed by atoms with E-state index in [4.69, 9.17) is 0 Å². The van der Waals surface area contributed by atoms with Gasteiger partial charge in [0.05, 0.1) is 10.5 Å². The number of rotatable bonds is 1. The van der Waals surface area contributed by atoms with Crippen molar-refractivity contribution >= 4 is 28.3 Å². The molecule has 1 rings (SSSR count). The summed E-state index contributed by atoms with van der Waals surface area (Å²) in [5, 5.41) is 10.5. The third-order valence-electron chi connectivity index (χ3n) is 1.70. The molecule has 0 bridgehead atoms. The van der Waals surface area contributed by atoms with Gasteiger partial charge in [-0.15, -0.1) is 0 Å². The van der Waals surface area contributed by atoms with Gasteiger partial charge in [-0.1, -0.05) is 0 Å². The van der Waals surface area contributed by atoms with Crippen molar-refractivity contribution < 1.29 is 18.1 Å². The highest BCUT2D eigenvalue weighted by molar-refractivity contribution is 14.1. The predicted octanol–water partition coefficient (Wildman–Crippen LogP) is 3.53. The molecule has 3 nitrogen and oxygen atoms in total. The number of halogens is 4. The summed E-state index contributed by atoms with van der Waals surface area (Å²) in [5.41, 5.74) is -1.26. The van der Waals surface area contributed by atoms with Gasteiger partial charge in [-0.25, -0.2) is 0 Å². The minimum absolute atomic E-state index is 0.217. The van der Waals surface area contributed by atoms with Gasteiger partial charge in [-0.2, -0.15) is 13.2 Å². The van der Waals surface area contributed by atoms with Gasteiger partial charge in [-0.3, -0.25) is 10.1 Å². The van der Waals surface area contributed by atoms with E-state index in [-0.39, 0.29) is 9.13 Å². The Morgan fingerprint density at radius 1 is 1.40 bits per heavy atom. The fourth-order valence-corrected chi connectivity index (χ4v) is 1.90. The Kier molecular flexibility index (Phi) is 3.22. The fourth-order valence-electron chi connectivity index (χ4n) is 1.09. The average molecular weight is 331 g/mol. The summed E-state index contributed by atoms with van der Waals surface area (Å²) >= 11 is 1.34. The number of alkyl halides is 3. The zero-order chi connectivity index (χ0) is 11.8. The summed E-state index contributed by atoms with van der Waals surface area (Å²) in [4.78, 5) is 9.67. The summed E-state index contributed by atoms with van der Waals surface area (Å²) in [6, 6.07) is 2.02. The van der Waals surface area contributed by atoms with Gasteiger partial charge < -0.3 is 0 Å². The standard InChI is InChI=1S/C8H5F3INO2/c1-4-2-5(8(9,10)11)7(12)6(3-4)13(14)15/h2-3H,1H3. The molecule has 0 spiro atoms. The van der Waals surface area contributed by atoms with E-state index in [0.717, 1.165) is 12.1 Å². The van der Waals surface area contributed by atoms with E-state index in [0.29, 0.717) is 0 Å². The van der Waals surface area contributed by atoms with Gasteiger partial charge in [0.25, 0.3) is 5.69 Å². The van der Waals surface area contributed by atoms with Crippen LogP contribution in [0.5, 0.6) is 0 Å². The van der Waals surface area contributed by atoms with E-state index < -0.39 is 22.4 Å². The van der Waals surface area contributed by atoms with Crippen LogP contribution in [0.2, 0.25) is 0 Å². The third-order valence-corrected chi connectivity index (χ3v) is 2.83. The summed E-state index contributed by atoms with van der Waals surface area (Å²) < 4.78 is 37.0. The lowest BCUT2D eigenvalue weighted by Gasteiger charge is -2.09. The number of hydrogen-bond donors (Lipinski definition) is 0. The Balaban J connectivity index is 3.49. The van der Waals surface area contributed by atoms with Crippen LogP contribution >= 0.6 is 22.6 Å². The molecule has 0 atom stereocenters. The van der Waals surface area contributed by atoms with Crippen molar-refractivity contribution in [2.75, 3.05) is 0 Å². The molecule has 0 aliphatic heterocycles. The first kappa shape index (κ1) is 12.2. The number of nitro benzene ring substituents is 1. The number of hydrogen-bond acceptors (Lipinski definition) is 2. The maximum Gasteiger partial charge on any atom is 0.417 e. The van der Waals surface area contributed by atoms with Crippen LogP contribution in [-0.2, 0) is 6.18 Å². The lowest BCUT2D eigenvalue weighted by Crippen LogP contribution is -2.09. The van der Waals surface area contributed by atoms with Gasteiger partial charge >= 0.3 is 6.18 Å². The number of nitrogens with zero attached hydrogens (tertiary/aromatic N) is 1. The van der Waals surface area contributed by atoms with Crippen LogP contribution in [0.15, 0.2) is 12.1 Å². The lowest BCUT2D eigenvalue weighted by molar-refractivity contribution is -0.386. The quantitative estimate of drug-likeness (QED) is 0.449. The molecule has 0 fully saturated rings. The molecule has 0 N–H and O–H groups in total. The van der Waals surface area contributed by atoms with Crippen LogP contribution in [0.4, 0.5) is 18.9 Å². The molecule has 82 valence electrons. The average Bonchev–Trinajstić information content (AvgIpc) is 2.06. The maximum absolute atomic E-state index is 12.4. The van der Waals surface area contributed by atoms with Crippen molar-refractivity contribution in [3.8, 4) is 0 Å². The zero-order valence-corrected chi connectivity index (χ0v) is 9.59. The SMILES string of the molecule is Cc1cc([N+](=O)[O-])c(I)c(C(F)(F)F)c1.